The zero-order chi connectivity index (χ0) is 18.2. The Morgan fingerprint density at radius 1 is 1.07 bits per heavy atom. The summed E-state index contributed by atoms with van der Waals surface area (Å²) >= 11 is 0. The Balaban J connectivity index is 1.23. The molecule has 7 nitrogen and oxygen atoms in total. The zero-order valence-electron chi connectivity index (χ0n) is 15.4. The first-order valence-electron chi connectivity index (χ1n) is 10.1. The molecule has 5 rings (SSSR count). The van der Waals surface area contributed by atoms with Gasteiger partial charge in [0.25, 0.3) is 5.56 Å². The van der Waals surface area contributed by atoms with Crippen LogP contribution in [0.5, 0.6) is 0 Å². The fraction of sp³-hybridized carbons (Fsp3) is 0.600. The Hall–Kier alpha value is -2.28. The van der Waals surface area contributed by atoms with Gasteiger partial charge in [-0.3, -0.25) is 4.79 Å². The highest BCUT2D eigenvalue weighted by atomic mass is 16.5. The van der Waals surface area contributed by atoms with Gasteiger partial charge in [-0.2, -0.15) is 10.2 Å². The Morgan fingerprint density at radius 2 is 1.93 bits per heavy atom. The molecule has 0 unspecified atom stereocenters. The van der Waals surface area contributed by atoms with E-state index in [4.69, 9.17) is 4.74 Å². The molecule has 142 valence electrons. The van der Waals surface area contributed by atoms with Crippen LogP contribution in [0.4, 0.5) is 5.82 Å². The molecule has 1 N–H and O–H groups in total. The highest BCUT2D eigenvalue weighted by molar-refractivity contribution is 5.39. The van der Waals surface area contributed by atoms with Crippen LogP contribution in [0.15, 0.2) is 23.0 Å². The van der Waals surface area contributed by atoms with Crippen molar-refractivity contribution in [3.63, 3.8) is 0 Å². The summed E-state index contributed by atoms with van der Waals surface area (Å²) in [5.41, 5.74) is 3.30. The molecule has 2 aromatic heterocycles. The third-order valence-corrected chi connectivity index (χ3v) is 5.94. The van der Waals surface area contributed by atoms with Crippen molar-refractivity contribution < 1.29 is 4.74 Å². The Morgan fingerprint density at radius 3 is 2.74 bits per heavy atom. The summed E-state index contributed by atoms with van der Waals surface area (Å²) in [6.07, 6.45) is 7.17. The largest absolute Gasteiger partial charge is 0.376 e. The van der Waals surface area contributed by atoms with Crippen molar-refractivity contribution in [1.29, 1.82) is 0 Å². The van der Waals surface area contributed by atoms with Crippen LogP contribution in [-0.4, -0.2) is 32.6 Å². The van der Waals surface area contributed by atoms with Gasteiger partial charge < -0.3 is 10.1 Å². The summed E-state index contributed by atoms with van der Waals surface area (Å²) < 4.78 is 7.25. The Labute approximate surface area is 158 Å². The van der Waals surface area contributed by atoms with Crippen LogP contribution in [0.1, 0.15) is 67.4 Å². The lowest BCUT2D eigenvalue weighted by molar-refractivity contribution is 0.109. The molecule has 2 saturated carbocycles. The third-order valence-electron chi connectivity index (χ3n) is 5.94. The molecule has 0 atom stereocenters. The smallest absolute Gasteiger partial charge is 0.267 e. The predicted molar refractivity (Wildman–Crippen MR) is 101 cm³/mol. The molecule has 27 heavy (non-hydrogen) atoms. The molecule has 3 aliphatic rings. The summed E-state index contributed by atoms with van der Waals surface area (Å²) in [6, 6.07) is 6.23. The molecule has 2 fully saturated rings. The zero-order valence-corrected chi connectivity index (χ0v) is 15.4. The number of nitrogens with zero attached hydrogens (tertiary/aromatic N) is 4. The quantitative estimate of drug-likeness (QED) is 0.894. The van der Waals surface area contributed by atoms with E-state index in [1.165, 1.54) is 12.8 Å². The molecule has 3 heterocycles. The minimum Gasteiger partial charge on any atom is -0.376 e. The van der Waals surface area contributed by atoms with Crippen LogP contribution >= 0.6 is 0 Å². The van der Waals surface area contributed by atoms with Gasteiger partial charge in [0.05, 0.1) is 30.6 Å². The van der Waals surface area contributed by atoms with Crippen LogP contribution in [0.25, 0.3) is 0 Å². The predicted octanol–water partition coefficient (Wildman–Crippen LogP) is 2.58. The summed E-state index contributed by atoms with van der Waals surface area (Å²) in [5.74, 6) is 1.40. The first-order valence-corrected chi connectivity index (χ1v) is 10.1. The van der Waals surface area contributed by atoms with Gasteiger partial charge >= 0.3 is 0 Å². The van der Waals surface area contributed by atoms with E-state index in [1.54, 1.807) is 10.7 Å². The lowest BCUT2D eigenvalue weighted by atomic mass is 9.91. The average molecular weight is 367 g/mol. The van der Waals surface area contributed by atoms with E-state index in [1.807, 2.05) is 6.07 Å². The first kappa shape index (κ1) is 16.9. The maximum Gasteiger partial charge on any atom is 0.267 e. The normalized spacial score (nSPS) is 25.0. The van der Waals surface area contributed by atoms with Crippen molar-refractivity contribution in [2.24, 2.45) is 0 Å². The number of ether oxygens (including phenoxy) is 1. The molecule has 7 heteroatoms. The van der Waals surface area contributed by atoms with Gasteiger partial charge in [0.2, 0.25) is 0 Å². The molecule has 0 aromatic carbocycles. The monoisotopic (exact) mass is 367 g/mol. The lowest BCUT2D eigenvalue weighted by Gasteiger charge is -2.30. The molecule has 0 saturated heterocycles. The van der Waals surface area contributed by atoms with E-state index < -0.39 is 0 Å². The number of fused-ring (bicyclic) bond motifs is 1. The number of hydrogen-bond donors (Lipinski definition) is 1. The second-order valence-electron chi connectivity index (χ2n) is 7.97. The summed E-state index contributed by atoms with van der Waals surface area (Å²) in [4.78, 5) is 12.3. The van der Waals surface area contributed by atoms with E-state index in [2.05, 4.69) is 26.7 Å². The van der Waals surface area contributed by atoms with Gasteiger partial charge in [0, 0.05) is 30.0 Å². The topological polar surface area (TPSA) is 81.9 Å². The maximum atomic E-state index is 12.3. The van der Waals surface area contributed by atoms with Gasteiger partial charge in [0.15, 0.2) is 0 Å². The van der Waals surface area contributed by atoms with Crippen LogP contribution in [0.3, 0.4) is 0 Å². The van der Waals surface area contributed by atoms with Gasteiger partial charge in [-0.25, -0.2) is 4.68 Å². The number of anilines is 1. The van der Waals surface area contributed by atoms with E-state index in [9.17, 15) is 4.79 Å². The van der Waals surface area contributed by atoms with Crippen LogP contribution in [0.2, 0.25) is 0 Å². The van der Waals surface area contributed by atoms with Crippen LogP contribution < -0.4 is 10.9 Å². The average Bonchev–Trinajstić information content (AvgIpc) is 3.54. The molecule has 0 spiro atoms. The highest BCUT2D eigenvalue weighted by Gasteiger charge is 2.28. The molecule has 0 amide bonds. The van der Waals surface area contributed by atoms with Gasteiger partial charge in [-0.1, -0.05) is 0 Å². The number of nitrogens with one attached hydrogen (secondary N) is 1. The Kier molecular flexibility index (Phi) is 4.39. The number of aromatic nitrogens is 4. The molecular weight excluding hydrogens is 342 g/mol. The second-order valence-corrected chi connectivity index (χ2v) is 7.97. The molecule has 2 aliphatic carbocycles. The first-order chi connectivity index (χ1) is 13.3. The second kappa shape index (κ2) is 7.03. The van der Waals surface area contributed by atoms with Crippen molar-refractivity contribution in [1.82, 2.24) is 20.0 Å². The standard InChI is InChI=1S/C20H25N5O2/c26-20-8-7-18(13-1-2-13)24-25(20)16-5-3-15(4-6-16)21-19-11-14-12-27-10-9-17(14)22-23-19/h7-8,11,13,15-16H,1-6,9-10,12H2,(H,21,23). The van der Waals surface area contributed by atoms with Crippen LogP contribution in [-0.2, 0) is 17.8 Å². The maximum absolute atomic E-state index is 12.3. The fourth-order valence-corrected chi connectivity index (χ4v) is 4.19. The van der Waals surface area contributed by atoms with Crippen molar-refractivity contribution in [3.05, 3.63) is 45.5 Å². The van der Waals surface area contributed by atoms with Crippen LogP contribution in [0, 0.1) is 0 Å². The molecule has 2 aromatic rings. The summed E-state index contributed by atoms with van der Waals surface area (Å²) in [6.45, 7) is 1.35. The number of rotatable bonds is 4. The van der Waals surface area contributed by atoms with E-state index in [0.717, 1.165) is 61.5 Å². The minimum absolute atomic E-state index is 0.0244. The highest BCUT2D eigenvalue weighted by Crippen LogP contribution is 2.38. The van der Waals surface area contributed by atoms with Crippen molar-refractivity contribution in [2.75, 3.05) is 11.9 Å². The van der Waals surface area contributed by atoms with Crippen molar-refractivity contribution >= 4 is 5.82 Å². The molecule has 1 aliphatic heterocycles. The lowest BCUT2D eigenvalue weighted by Crippen LogP contribution is -2.33. The minimum atomic E-state index is 0.0244. The Bertz CT molecular complexity index is 884. The van der Waals surface area contributed by atoms with Gasteiger partial charge in [0.1, 0.15) is 5.82 Å². The molecule has 0 bridgehead atoms. The number of hydrogen-bond acceptors (Lipinski definition) is 6. The molecular formula is C20H25N5O2. The summed E-state index contributed by atoms with van der Waals surface area (Å²) in [7, 11) is 0. The third kappa shape index (κ3) is 3.60. The molecule has 0 radical (unpaired) electrons. The fourth-order valence-electron chi connectivity index (χ4n) is 4.19. The SMILES string of the molecule is O=c1ccc(C2CC2)nn1C1CCC(Nc2cc3c(nn2)CCOC3)CC1. The van der Waals surface area contributed by atoms with Crippen molar-refractivity contribution in [3.8, 4) is 0 Å². The summed E-state index contributed by atoms with van der Waals surface area (Å²) in [5, 5.41) is 16.9. The van der Waals surface area contributed by atoms with E-state index >= 15 is 0 Å². The van der Waals surface area contributed by atoms with Crippen molar-refractivity contribution in [2.45, 2.75) is 69.6 Å². The van der Waals surface area contributed by atoms with E-state index in [-0.39, 0.29) is 11.6 Å². The van der Waals surface area contributed by atoms with Gasteiger partial charge in [-0.15, -0.1) is 5.10 Å². The van der Waals surface area contributed by atoms with E-state index in [0.29, 0.717) is 18.6 Å². The van der Waals surface area contributed by atoms with Gasteiger partial charge in [-0.05, 0) is 50.7 Å².